The fourth-order valence-corrected chi connectivity index (χ4v) is 2.47. The highest BCUT2D eigenvalue weighted by molar-refractivity contribution is 14.0. The molecular formula is C16H26IN3O2. The molecule has 1 aliphatic rings. The first-order valence-electron chi connectivity index (χ1n) is 7.64. The Morgan fingerprint density at radius 1 is 1.41 bits per heavy atom. The molecule has 0 radical (unpaired) electrons. The molecule has 1 heterocycles. The minimum absolute atomic E-state index is 0. The van der Waals surface area contributed by atoms with Crippen molar-refractivity contribution < 1.29 is 9.52 Å². The van der Waals surface area contributed by atoms with Crippen LogP contribution in [0, 0.1) is 0 Å². The summed E-state index contributed by atoms with van der Waals surface area (Å²) < 4.78 is 5.30. The molecule has 0 saturated heterocycles. The van der Waals surface area contributed by atoms with Gasteiger partial charge < -0.3 is 20.2 Å². The molecule has 22 heavy (non-hydrogen) atoms. The number of hydrogen-bond acceptors (Lipinski definition) is 3. The molecule has 0 spiro atoms. The van der Waals surface area contributed by atoms with Crippen molar-refractivity contribution >= 4 is 29.9 Å². The second-order valence-electron chi connectivity index (χ2n) is 5.38. The summed E-state index contributed by atoms with van der Waals surface area (Å²) in [6, 6.07) is 4.23. The van der Waals surface area contributed by atoms with Crippen molar-refractivity contribution in [1.29, 1.82) is 0 Å². The number of furan rings is 1. The van der Waals surface area contributed by atoms with Gasteiger partial charge in [0.2, 0.25) is 0 Å². The number of rotatable bonds is 6. The highest BCUT2D eigenvalue weighted by Crippen LogP contribution is 2.18. The van der Waals surface area contributed by atoms with E-state index in [4.69, 9.17) is 4.42 Å². The maximum atomic E-state index is 9.55. The summed E-state index contributed by atoms with van der Waals surface area (Å²) in [5, 5.41) is 16.2. The van der Waals surface area contributed by atoms with Crippen LogP contribution in [0.2, 0.25) is 0 Å². The van der Waals surface area contributed by atoms with Gasteiger partial charge in [0.25, 0.3) is 0 Å². The average Bonchev–Trinajstić information content (AvgIpc) is 3.00. The number of nitrogens with one attached hydrogen (secondary N) is 2. The minimum atomic E-state index is -0.136. The van der Waals surface area contributed by atoms with Crippen LogP contribution in [0.1, 0.15) is 31.4 Å². The van der Waals surface area contributed by atoms with E-state index < -0.39 is 0 Å². The Labute approximate surface area is 149 Å². The molecule has 1 saturated carbocycles. The van der Waals surface area contributed by atoms with Crippen LogP contribution in [0.4, 0.5) is 0 Å². The molecular weight excluding hydrogens is 393 g/mol. The minimum Gasteiger partial charge on any atom is -0.469 e. The smallest absolute Gasteiger partial charge is 0.191 e. The van der Waals surface area contributed by atoms with Crippen molar-refractivity contribution in [3.63, 3.8) is 0 Å². The summed E-state index contributed by atoms with van der Waals surface area (Å²) in [6.45, 7) is 5.08. The van der Waals surface area contributed by atoms with E-state index in [1.165, 1.54) is 0 Å². The molecule has 0 bridgehead atoms. The first-order valence-corrected chi connectivity index (χ1v) is 7.64. The zero-order chi connectivity index (χ0) is 14.9. The van der Waals surface area contributed by atoms with E-state index >= 15 is 0 Å². The maximum absolute atomic E-state index is 9.55. The Kier molecular flexibility index (Phi) is 9.22. The van der Waals surface area contributed by atoms with Crippen LogP contribution in [0.25, 0.3) is 0 Å². The van der Waals surface area contributed by atoms with Crippen molar-refractivity contribution in [3.05, 3.63) is 36.8 Å². The van der Waals surface area contributed by atoms with E-state index in [9.17, 15) is 5.11 Å². The maximum Gasteiger partial charge on any atom is 0.191 e. The predicted molar refractivity (Wildman–Crippen MR) is 99.7 cm³/mol. The standard InChI is InChI=1S/C16H25N3O2.HI/c1-2-10-17-16(18-11-9-15-4-3-12-21-15)19-13-5-7-14(20)8-6-13;/h2-4,12-14,20H,1,5-11H2,(H2,17,18,19);1H. The summed E-state index contributed by atoms with van der Waals surface area (Å²) in [5.74, 6) is 1.76. The first-order chi connectivity index (χ1) is 10.3. The van der Waals surface area contributed by atoms with Crippen molar-refractivity contribution in [3.8, 4) is 0 Å². The fraction of sp³-hybridized carbons (Fsp3) is 0.562. The third-order valence-electron chi connectivity index (χ3n) is 3.66. The van der Waals surface area contributed by atoms with Crippen molar-refractivity contribution in [2.75, 3.05) is 13.1 Å². The summed E-state index contributed by atoms with van der Waals surface area (Å²) in [4.78, 5) is 4.57. The van der Waals surface area contributed by atoms with Crippen LogP contribution in [-0.2, 0) is 6.42 Å². The Morgan fingerprint density at radius 2 is 2.18 bits per heavy atom. The van der Waals surface area contributed by atoms with Gasteiger partial charge in [-0.25, -0.2) is 0 Å². The molecule has 1 aromatic heterocycles. The molecule has 5 nitrogen and oxygen atoms in total. The van der Waals surface area contributed by atoms with Crippen LogP contribution < -0.4 is 10.6 Å². The van der Waals surface area contributed by atoms with Crippen molar-refractivity contribution in [2.45, 2.75) is 44.2 Å². The predicted octanol–water partition coefficient (Wildman–Crippen LogP) is 2.46. The Hall–Kier alpha value is -1.02. The summed E-state index contributed by atoms with van der Waals surface area (Å²) in [5.41, 5.74) is 0. The monoisotopic (exact) mass is 419 g/mol. The van der Waals surface area contributed by atoms with Crippen LogP contribution in [0.3, 0.4) is 0 Å². The zero-order valence-electron chi connectivity index (χ0n) is 12.8. The number of hydrogen-bond donors (Lipinski definition) is 3. The van der Waals surface area contributed by atoms with Gasteiger partial charge in [0.1, 0.15) is 5.76 Å². The molecule has 6 heteroatoms. The molecule has 0 aliphatic heterocycles. The van der Waals surface area contributed by atoms with E-state index in [1.807, 2.05) is 18.2 Å². The highest BCUT2D eigenvalue weighted by Gasteiger charge is 2.19. The number of aliphatic hydroxyl groups is 1. The van der Waals surface area contributed by atoms with Gasteiger partial charge in [0.05, 0.1) is 12.4 Å². The van der Waals surface area contributed by atoms with E-state index in [0.717, 1.165) is 43.8 Å². The third-order valence-corrected chi connectivity index (χ3v) is 3.66. The molecule has 1 aliphatic carbocycles. The van der Waals surface area contributed by atoms with Gasteiger partial charge in [-0.05, 0) is 37.8 Å². The van der Waals surface area contributed by atoms with Gasteiger partial charge >= 0.3 is 0 Å². The average molecular weight is 419 g/mol. The molecule has 0 unspecified atom stereocenters. The van der Waals surface area contributed by atoms with Gasteiger partial charge in [0.15, 0.2) is 5.96 Å². The van der Waals surface area contributed by atoms with Gasteiger partial charge in [-0.15, -0.1) is 30.6 Å². The zero-order valence-corrected chi connectivity index (χ0v) is 15.2. The lowest BCUT2D eigenvalue weighted by molar-refractivity contribution is 0.120. The molecule has 1 aromatic rings. The van der Waals surface area contributed by atoms with Gasteiger partial charge in [-0.2, -0.15) is 0 Å². The number of halogens is 1. The lowest BCUT2D eigenvalue weighted by Gasteiger charge is -2.27. The number of guanidine groups is 1. The van der Waals surface area contributed by atoms with Gasteiger partial charge in [-0.1, -0.05) is 6.08 Å². The van der Waals surface area contributed by atoms with E-state index in [1.54, 1.807) is 6.26 Å². The van der Waals surface area contributed by atoms with Crippen molar-refractivity contribution in [1.82, 2.24) is 10.6 Å². The summed E-state index contributed by atoms with van der Waals surface area (Å²) in [7, 11) is 0. The first kappa shape index (κ1) is 19.0. The number of aliphatic hydroxyl groups excluding tert-OH is 1. The molecule has 0 atom stereocenters. The largest absolute Gasteiger partial charge is 0.469 e. The topological polar surface area (TPSA) is 69.8 Å². The summed E-state index contributed by atoms with van der Waals surface area (Å²) >= 11 is 0. The summed E-state index contributed by atoms with van der Waals surface area (Å²) in [6.07, 6.45) is 7.83. The normalized spacial score (nSPS) is 21.8. The lowest BCUT2D eigenvalue weighted by atomic mass is 9.93. The Bertz CT molecular complexity index is 440. The second-order valence-corrected chi connectivity index (χ2v) is 5.38. The molecule has 0 amide bonds. The van der Waals surface area contributed by atoms with Gasteiger partial charge in [0, 0.05) is 25.6 Å². The lowest BCUT2D eigenvalue weighted by Crippen LogP contribution is -2.45. The van der Waals surface area contributed by atoms with Crippen LogP contribution in [0.5, 0.6) is 0 Å². The van der Waals surface area contributed by atoms with Gasteiger partial charge in [-0.3, -0.25) is 4.99 Å². The Balaban J connectivity index is 0.00000242. The molecule has 3 N–H and O–H groups in total. The van der Waals surface area contributed by atoms with Crippen LogP contribution in [-0.4, -0.2) is 36.3 Å². The van der Waals surface area contributed by atoms with Crippen LogP contribution in [0.15, 0.2) is 40.5 Å². The molecule has 0 aromatic carbocycles. The number of nitrogens with zero attached hydrogens (tertiary/aromatic N) is 1. The SMILES string of the molecule is C=CCNC(=NCCc1ccco1)NC1CCC(O)CC1.I. The number of aliphatic imine (C=N–C) groups is 1. The highest BCUT2D eigenvalue weighted by atomic mass is 127. The van der Waals surface area contributed by atoms with Crippen molar-refractivity contribution in [2.24, 2.45) is 4.99 Å². The van der Waals surface area contributed by atoms with E-state index in [0.29, 0.717) is 19.1 Å². The molecule has 1 fully saturated rings. The van der Waals surface area contributed by atoms with E-state index in [-0.39, 0.29) is 30.1 Å². The van der Waals surface area contributed by atoms with Crippen LogP contribution >= 0.6 is 24.0 Å². The quantitative estimate of drug-likeness (QED) is 0.287. The fourth-order valence-electron chi connectivity index (χ4n) is 2.47. The molecule has 2 rings (SSSR count). The molecule has 124 valence electrons. The third kappa shape index (κ3) is 6.83. The second kappa shape index (κ2) is 10.7. The Morgan fingerprint density at radius 3 is 2.82 bits per heavy atom. The van der Waals surface area contributed by atoms with E-state index in [2.05, 4.69) is 22.2 Å².